The van der Waals surface area contributed by atoms with Gasteiger partial charge in [-0.3, -0.25) is 4.79 Å². The maximum Gasteiger partial charge on any atom is 0.253 e. The van der Waals surface area contributed by atoms with Crippen molar-refractivity contribution in [3.63, 3.8) is 0 Å². The number of halogens is 3. The second kappa shape index (κ2) is 5.48. The minimum absolute atomic E-state index is 0.0930. The zero-order valence-electron chi connectivity index (χ0n) is 9.13. The molecule has 0 aliphatic carbocycles. The highest BCUT2D eigenvalue weighted by Gasteiger charge is 2.22. The molecule has 0 aromatic heterocycles. The molecular weight excluding hydrogens is 353 g/mol. The topological polar surface area (TPSA) is 20.3 Å². The summed E-state index contributed by atoms with van der Waals surface area (Å²) in [7, 11) is 0. The molecule has 1 aromatic carbocycles. The third-order valence-electron chi connectivity index (χ3n) is 2.82. The summed E-state index contributed by atoms with van der Waals surface area (Å²) >= 11 is 6.74. The molecule has 1 fully saturated rings. The van der Waals surface area contributed by atoms with Crippen molar-refractivity contribution in [2.45, 2.75) is 17.7 Å². The summed E-state index contributed by atoms with van der Waals surface area (Å²) in [6.45, 7) is 1.45. The Kier molecular flexibility index (Phi) is 4.20. The summed E-state index contributed by atoms with van der Waals surface area (Å²) in [5.41, 5.74) is 0.407. The van der Waals surface area contributed by atoms with E-state index in [4.69, 9.17) is 0 Å². The number of hydrogen-bond donors (Lipinski definition) is 0. The Morgan fingerprint density at radius 3 is 2.53 bits per heavy atom. The molecule has 5 heteroatoms. The number of likely N-dealkylation sites (tertiary alicyclic amines) is 1. The minimum Gasteiger partial charge on any atom is -0.339 e. The third-order valence-corrected chi connectivity index (χ3v) is 4.19. The van der Waals surface area contributed by atoms with Gasteiger partial charge in [-0.15, -0.1) is 0 Å². The SMILES string of the molecule is O=C(c1cc(F)cc(Br)c1)N1CCC(Br)CC1. The van der Waals surface area contributed by atoms with Crippen molar-refractivity contribution in [3.8, 4) is 0 Å². The summed E-state index contributed by atoms with van der Waals surface area (Å²) in [5.74, 6) is -0.484. The Bertz CT molecular complexity index is 410. The number of benzene rings is 1. The fourth-order valence-electron chi connectivity index (χ4n) is 1.91. The lowest BCUT2D eigenvalue weighted by Crippen LogP contribution is -2.38. The Balaban J connectivity index is 2.14. The van der Waals surface area contributed by atoms with Gasteiger partial charge < -0.3 is 4.90 Å². The zero-order chi connectivity index (χ0) is 12.4. The molecule has 2 nitrogen and oxygen atoms in total. The number of nitrogens with zero attached hydrogens (tertiary/aromatic N) is 1. The van der Waals surface area contributed by atoms with Crippen LogP contribution >= 0.6 is 31.9 Å². The van der Waals surface area contributed by atoms with Crippen LogP contribution in [-0.4, -0.2) is 28.7 Å². The van der Waals surface area contributed by atoms with Gasteiger partial charge in [-0.05, 0) is 31.0 Å². The Morgan fingerprint density at radius 1 is 1.29 bits per heavy atom. The van der Waals surface area contributed by atoms with Crippen molar-refractivity contribution in [3.05, 3.63) is 34.1 Å². The smallest absolute Gasteiger partial charge is 0.253 e. The van der Waals surface area contributed by atoms with Gasteiger partial charge in [0.05, 0.1) is 0 Å². The maximum atomic E-state index is 13.2. The number of amides is 1. The van der Waals surface area contributed by atoms with E-state index in [0.29, 0.717) is 14.9 Å². The molecule has 0 atom stereocenters. The van der Waals surface area contributed by atoms with Crippen molar-refractivity contribution in [2.24, 2.45) is 0 Å². The number of carbonyl (C=O) groups is 1. The largest absolute Gasteiger partial charge is 0.339 e. The number of hydrogen-bond acceptors (Lipinski definition) is 1. The highest BCUT2D eigenvalue weighted by molar-refractivity contribution is 9.10. The quantitative estimate of drug-likeness (QED) is 0.697. The van der Waals surface area contributed by atoms with Gasteiger partial charge >= 0.3 is 0 Å². The van der Waals surface area contributed by atoms with Crippen LogP contribution in [0.5, 0.6) is 0 Å². The predicted octanol–water partition coefficient (Wildman–Crippen LogP) is 3.59. The molecule has 1 aromatic rings. The maximum absolute atomic E-state index is 13.2. The summed E-state index contributed by atoms with van der Waals surface area (Å²) in [6, 6.07) is 4.29. The van der Waals surface area contributed by atoms with Crippen LogP contribution in [0.4, 0.5) is 4.39 Å². The van der Waals surface area contributed by atoms with E-state index in [0.717, 1.165) is 25.9 Å². The normalized spacial score (nSPS) is 17.2. The van der Waals surface area contributed by atoms with E-state index in [1.165, 1.54) is 12.1 Å². The highest BCUT2D eigenvalue weighted by atomic mass is 79.9. The summed E-state index contributed by atoms with van der Waals surface area (Å²) in [4.78, 5) is 14.4. The molecule has 0 bridgehead atoms. The average Bonchev–Trinajstić information content (AvgIpc) is 2.28. The molecule has 0 unspecified atom stereocenters. The fraction of sp³-hybridized carbons (Fsp3) is 0.417. The molecule has 17 heavy (non-hydrogen) atoms. The van der Waals surface area contributed by atoms with Gasteiger partial charge in [0.15, 0.2) is 0 Å². The Labute approximate surface area is 116 Å². The van der Waals surface area contributed by atoms with Crippen molar-refractivity contribution in [2.75, 3.05) is 13.1 Å². The lowest BCUT2D eigenvalue weighted by atomic mass is 10.1. The van der Waals surface area contributed by atoms with Crippen molar-refractivity contribution in [1.82, 2.24) is 4.90 Å². The van der Waals surface area contributed by atoms with Crippen LogP contribution in [0.25, 0.3) is 0 Å². The third kappa shape index (κ3) is 3.28. The molecule has 1 aliphatic heterocycles. The van der Waals surface area contributed by atoms with Gasteiger partial charge in [-0.2, -0.15) is 0 Å². The number of carbonyl (C=O) groups excluding carboxylic acids is 1. The Morgan fingerprint density at radius 2 is 1.94 bits per heavy atom. The summed E-state index contributed by atoms with van der Waals surface area (Å²) in [6.07, 6.45) is 1.89. The molecule has 1 aliphatic rings. The first-order valence-electron chi connectivity index (χ1n) is 5.45. The number of piperidine rings is 1. The monoisotopic (exact) mass is 363 g/mol. The molecule has 2 rings (SSSR count). The van der Waals surface area contributed by atoms with E-state index in [9.17, 15) is 9.18 Å². The van der Waals surface area contributed by atoms with Crippen LogP contribution in [0, 0.1) is 5.82 Å². The molecule has 92 valence electrons. The van der Waals surface area contributed by atoms with Gasteiger partial charge in [-0.25, -0.2) is 4.39 Å². The lowest BCUT2D eigenvalue weighted by Gasteiger charge is -2.29. The Hall–Kier alpha value is -0.420. The van der Waals surface area contributed by atoms with Gasteiger partial charge in [0.1, 0.15) is 5.82 Å². The first-order chi connectivity index (χ1) is 8.06. The zero-order valence-corrected chi connectivity index (χ0v) is 12.3. The second-order valence-electron chi connectivity index (χ2n) is 4.12. The molecule has 1 saturated heterocycles. The molecular formula is C12H12Br2FNO. The van der Waals surface area contributed by atoms with Crippen LogP contribution in [0.1, 0.15) is 23.2 Å². The number of rotatable bonds is 1. The first-order valence-corrected chi connectivity index (χ1v) is 7.16. The van der Waals surface area contributed by atoms with Crippen molar-refractivity contribution in [1.29, 1.82) is 0 Å². The van der Waals surface area contributed by atoms with Crippen LogP contribution in [0.15, 0.2) is 22.7 Å². The van der Waals surface area contributed by atoms with Crippen LogP contribution in [0.2, 0.25) is 0 Å². The van der Waals surface area contributed by atoms with Crippen molar-refractivity contribution >= 4 is 37.8 Å². The molecule has 0 spiro atoms. The first kappa shape index (κ1) is 13.0. The van der Waals surface area contributed by atoms with Gasteiger partial charge in [0.25, 0.3) is 5.91 Å². The molecule has 0 radical (unpaired) electrons. The molecule has 1 amide bonds. The number of alkyl halides is 1. The van der Waals surface area contributed by atoms with Gasteiger partial charge in [0.2, 0.25) is 0 Å². The van der Waals surface area contributed by atoms with E-state index in [1.807, 2.05) is 0 Å². The van der Waals surface area contributed by atoms with E-state index in [2.05, 4.69) is 31.9 Å². The second-order valence-corrected chi connectivity index (χ2v) is 6.34. The average molecular weight is 365 g/mol. The highest BCUT2D eigenvalue weighted by Crippen LogP contribution is 2.21. The van der Waals surface area contributed by atoms with E-state index < -0.39 is 5.82 Å². The van der Waals surface area contributed by atoms with E-state index >= 15 is 0 Å². The van der Waals surface area contributed by atoms with Gasteiger partial charge in [0, 0.05) is 28.0 Å². The molecule has 0 N–H and O–H groups in total. The van der Waals surface area contributed by atoms with Crippen LogP contribution < -0.4 is 0 Å². The fourth-order valence-corrected chi connectivity index (χ4v) is 2.79. The van der Waals surface area contributed by atoms with E-state index in [1.54, 1.807) is 11.0 Å². The summed E-state index contributed by atoms with van der Waals surface area (Å²) < 4.78 is 13.8. The molecule has 1 heterocycles. The molecule has 0 saturated carbocycles. The predicted molar refractivity (Wildman–Crippen MR) is 72.0 cm³/mol. The van der Waals surface area contributed by atoms with Crippen molar-refractivity contribution < 1.29 is 9.18 Å². The minimum atomic E-state index is -0.391. The van der Waals surface area contributed by atoms with Crippen LogP contribution in [0.3, 0.4) is 0 Å². The standard InChI is InChI=1S/C12H12Br2FNO/c13-9-1-3-16(4-2-9)12(17)8-5-10(14)7-11(15)6-8/h5-7,9H,1-4H2. The summed E-state index contributed by atoms with van der Waals surface area (Å²) in [5, 5.41) is 0. The van der Waals surface area contributed by atoms with Crippen LogP contribution in [-0.2, 0) is 0 Å². The lowest BCUT2D eigenvalue weighted by molar-refractivity contribution is 0.0728. The van der Waals surface area contributed by atoms with E-state index in [-0.39, 0.29) is 5.91 Å². The van der Waals surface area contributed by atoms with Gasteiger partial charge in [-0.1, -0.05) is 31.9 Å².